The smallest absolute Gasteiger partial charge is 0.243 e. The van der Waals surface area contributed by atoms with Gasteiger partial charge in [0.2, 0.25) is 11.9 Å². The fourth-order valence-corrected chi connectivity index (χ4v) is 1.22. The number of nitrogens with zero attached hydrogens (tertiary/aromatic N) is 4. The minimum absolute atomic E-state index is 0.296. The molecule has 2 aromatic rings. The van der Waals surface area contributed by atoms with E-state index in [-0.39, 0.29) is 0 Å². The van der Waals surface area contributed by atoms with Crippen molar-refractivity contribution in [3.05, 3.63) is 11.1 Å². The molecular formula is C5H7N7S. The molecule has 0 radical (unpaired) electrons. The van der Waals surface area contributed by atoms with Gasteiger partial charge in [-0.05, 0) is 11.5 Å². The average molecular weight is 197 g/mol. The molecule has 0 aliphatic heterocycles. The first-order valence-electron chi connectivity index (χ1n) is 3.52. The molecule has 0 aromatic carbocycles. The van der Waals surface area contributed by atoms with Crippen LogP contribution in [0.4, 0.5) is 11.9 Å². The molecule has 2 aromatic heterocycles. The second kappa shape index (κ2) is 3.35. The minimum atomic E-state index is 0.296. The standard InChI is InChI=1S/C5H7N7S/c6-4-9-5(11-10-4)7-1-3-2-8-12-13-3/h2H,1H2,(H4,6,7,9,10,11). The largest absolute Gasteiger partial charge is 0.368 e. The summed E-state index contributed by atoms with van der Waals surface area (Å²) in [5.41, 5.74) is 5.34. The molecule has 0 atom stereocenters. The van der Waals surface area contributed by atoms with Gasteiger partial charge in [0.1, 0.15) is 0 Å². The fourth-order valence-electron chi connectivity index (χ4n) is 0.785. The van der Waals surface area contributed by atoms with Gasteiger partial charge in [0.15, 0.2) is 0 Å². The van der Waals surface area contributed by atoms with E-state index in [0.29, 0.717) is 18.4 Å². The minimum Gasteiger partial charge on any atom is -0.368 e. The average Bonchev–Trinajstić information content (AvgIpc) is 2.71. The van der Waals surface area contributed by atoms with Crippen LogP contribution in [0.25, 0.3) is 0 Å². The van der Waals surface area contributed by atoms with E-state index in [0.717, 1.165) is 4.88 Å². The molecule has 0 aliphatic carbocycles. The van der Waals surface area contributed by atoms with Crippen molar-refractivity contribution < 1.29 is 0 Å². The van der Waals surface area contributed by atoms with Gasteiger partial charge in [-0.1, -0.05) is 4.49 Å². The second-order valence-electron chi connectivity index (χ2n) is 2.28. The number of aromatic nitrogens is 5. The van der Waals surface area contributed by atoms with Crippen molar-refractivity contribution in [2.75, 3.05) is 11.1 Å². The summed E-state index contributed by atoms with van der Waals surface area (Å²) in [4.78, 5) is 4.89. The van der Waals surface area contributed by atoms with E-state index in [2.05, 4.69) is 30.1 Å². The molecule has 0 unspecified atom stereocenters. The number of aromatic amines is 1. The van der Waals surface area contributed by atoms with Gasteiger partial charge in [0.05, 0.1) is 17.6 Å². The van der Waals surface area contributed by atoms with Crippen LogP contribution in [0.3, 0.4) is 0 Å². The molecule has 0 saturated carbocycles. The van der Waals surface area contributed by atoms with E-state index in [1.165, 1.54) is 11.5 Å². The Labute approximate surface area is 77.5 Å². The monoisotopic (exact) mass is 197 g/mol. The first kappa shape index (κ1) is 7.92. The molecule has 68 valence electrons. The van der Waals surface area contributed by atoms with Crippen molar-refractivity contribution in [1.29, 1.82) is 0 Å². The molecule has 2 rings (SSSR count). The third-order valence-electron chi connectivity index (χ3n) is 1.33. The molecule has 0 spiro atoms. The van der Waals surface area contributed by atoms with Crippen LogP contribution in [0.2, 0.25) is 0 Å². The highest BCUT2D eigenvalue weighted by Gasteiger charge is 2.00. The summed E-state index contributed by atoms with van der Waals surface area (Å²) >= 11 is 1.33. The highest BCUT2D eigenvalue weighted by Crippen LogP contribution is 2.05. The van der Waals surface area contributed by atoms with Crippen LogP contribution in [0, 0.1) is 0 Å². The summed E-state index contributed by atoms with van der Waals surface area (Å²) < 4.78 is 3.72. The van der Waals surface area contributed by atoms with E-state index in [1.54, 1.807) is 6.20 Å². The van der Waals surface area contributed by atoms with Gasteiger partial charge in [-0.25, -0.2) is 5.10 Å². The van der Waals surface area contributed by atoms with E-state index >= 15 is 0 Å². The topological polar surface area (TPSA) is 105 Å². The molecule has 4 N–H and O–H groups in total. The Balaban J connectivity index is 1.93. The zero-order valence-electron chi connectivity index (χ0n) is 6.56. The molecule has 0 fully saturated rings. The molecule has 0 aliphatic rings. The van der Waals surface area contributed by atoms with Crippen LogP contribution in [0.1, 0.15) is 4.88 Å². The zero-order chi connectivity index (χ0) is 9.10. The number of nitrogens with two attached hydrogens (primary N) is 1. The Morgan fingerprint density at radius 3 is 3.15 bits per heavy atom. The maximum Gasteiger partial charge on any atom is 0.243 e. The first-order chi connectivity index (χ1) is 6.34. The van der Waals surface area contributed by atoms with E-state index in [1.807, 2.05) is 0 Å². The predicted molar refractivity (Wildman–Crippen MR) is 48.0 cm³/mol. The Morgan fingerprint density at radius 1 is 1.62 bits per heavy atom. The normalized spacial score (nSPS) is 10.2. The fraction of sp³-hybridized carbons (Fsp3) is 0.200. The number of nitrogen functional groups attached to an aromatic ring is 1. The number of hydrogen-bond donors (Lipinski definition) is 3. The molecule has 2 heterocycles. The second-order valence-corrected chi connectivity index (χ2v) is 3.15. The van der Waals surface area contributed by atoms with Crippen LogP contribution in [-0.2, 0) is 6.54 Å². The summed E-state index contributed by atoms with van der Waals surface area (Å²) in [6.45, 7) is 0.606. The lowest BCUT2D eigenvalue weighted by Gasteiger charge is -1.95. The lowest BCUT2D eigenvalue weighted by Crippen LogP contribution is -1.99. The van der Waals surface area contributed by atoms with Gasteiger partial charge >= 0.3 is 0 Å². The molecule has 0 saturated heterocycles. The van der Waals surface area contributed by atoms with Crippen molar-refractivity contribution in [2.24, 2.45) is 0 Å². The third kappa shape index (κ3) is 1.90. The Hall–Kier alpha value is -1.70. The summed E-state index contributed by atoms with van der Waals surface area (Å²) in [6.07, 6.45) is 1.69. The molecule has 7 nitrogen and oxygen atoms in total. The van der Waals surface area contributed by atoms with Gasteiger partial charge in [0, 0.05) is 0 Å². The maximum atomic E-state index is 5.34. The number of rotatable bonds is 3. The predicted octanol–water partition coefficient (Wildman–Crippen LogP) is -0.150. The Morgan fingerprint density at radius 2 is 2.54 bits per heavy atom. The van der Waals surface area contributed by atoms with Crippen molar-refractivity contribution >= 4 is 23.4 Å². The van der Waals surface area contributed by atoms with Crippen LogP contribution in [-0.4, -0.2) is 24.8 Å². The van der Waals surface area contributed by atoms with Crippen LogP contribution in [0.5, 0.6) is 0 Å². The highest BCUT2D eigenvalue weighted by molar-refractivity contribution is 7.05. The maximum absolute atomic E-state index is 5.34. The quantitative estimate of drug-likeness (QED) is 0.632. The van der Waals surface area contributed by atoms with Crippen molar-refractivity contribution in [3.8, 4) is 0 Å². The van der Waals surface area contributed by atoms with Gasteiger partial charge in [-0.2, -0.15) is 4.98 Å². The lowest BCUT2D eigenvalue weighted by atomic mass is 10.5. The summed E-state index contributed by atoms with van der Waals surface area (Å²) in [5, 5.41) is 13.0. The zero-order valence-corrected chi connectivity index (χ0v) is 7.38. The van der Waals surface area contributed by atoms with Gasteiger partial charge in [-0.15, -0.1) is 10.2 Å². The van der Waals surface area contributed by atoms with Gasteiger partial charge in [0.25, 0.3) is 0 Å². The number of anilines is 2. The van der Waals surface area contributed by atoms with Crippen LogP contribution < -0.4 is 11.1 Å². The third-order valence-corrected chi connectivity index (χ3v) is 1.99. The van der Waals surface area contributed by atoms with Gasteiger partial charge < -0.3 is 11.1 Å². The van der Waals surface area contributed by atoms with E-state index in [9.17, 15) is 0 Å². The Kier molecular flexibility index (Phi) is 2.04. The van der Waals surface area contributed by atoms with E-state index < -0.39 is 0 Å². The molecular weight excluding hydrogens is 190 g/mol. The summed E-state index contributed by atoms with van der Waals surface area (Å²) in [5.74, 6) is 0.774. The summed E-state index contributed by atoms with van der Waals surface area (Å²) in [6, 6.07) is 0. The molecule has 0 bridgehead atoms. The van der Waals surface area contributed by atoms with Crippen LogP contribution in [0.15, 0.2) is 6.20 Å². The highest BCUT2D eigenvalue weighted by atomic mass is 32.1. The molecule has 8 heteroatoms. The Bertz CT molecular complexity index is 366. The number of H-pyrrole nitrogens is 1. The first-order valence-corrected chi connectivity index (χ1v) is 4.30. The van der Waals surface area contributed by atoms with Crippen molar-refractivity contribution in [1.82, 2.24) is 24.8 Å². The van der Waals surface area contributed by atoms with Crippen molar-refractivity contribution in [2.45, 2.75) is 6.54 Å². The van der Waals surface area contributed by atoms with Crippen LogP contribution >= 0.6 is 11.5 Å². The molecule has 13 heavy (non-hydrogen) atoms. The SMILES string of the molecule is Nc1nc(NCc2cnns2)n[nH]1. The molecule has 0 amide bonds. The lowest BCUT2D eigenvalue weighted by molar-refractivity contribution is 1.05. The van der Waals surface area contributed by atoms with Crippen molar-refractivity contribution in [3.63, 3.8) is 0 Å². The summed E-state index contributed by atoms with van der Waals surface area (Å²) in [7, 11) is 0. The van der Waals surface area contributed by atoms with Gasteiger partial charge in [-0.3, -0.25) is 0 Å². The number of hydrogen-bond acceptors (Lipinski definition) is 7. The van der Waals surface area contributed by atoms with E-state index in [4.69, 9.17) is 5.73 Å². The number of nitrogens with one attached hydrogen (secondary N) is 2.